The third-order valence-electron chi connectivity index (χ3n) is 3.55. The van der Waals surface area contributed by atoms with Gasteiger partial charge in [-0.05, 0) is 29.3 Å². The molecule has 23 heavy (non-hydrogen) atoms. The molecule has 3 rings (SSSR count). The van der Waals surface area contributed by atoms with Gasteiger partial charge < -0.3 is 9.84 Å². The number of carbonyl (C=O) groups is 1. The Morgan fingerprint density at radius 2 is 1.52 bits per heavy atom. The molecule has 0 bridgehead atoms. The molecule has 0 saturated carbocycles. The van der Waals surface area contributed by atoms with Crippen molar-refractivity contribution in [1.82, 2.24) is 0 Å². The average Bonchev–Trinajstić information content (AvgIpc) is 2.61. The Labute approximate surface area is 134 Å². The van der Waals surface area contributed by atoms with Crippen molar-refractivity contribution in [2.45, 2.75) is 6.61 Å². The zero-order valence-electron chi connectivity index (χ0n) is 12.5. The third kappa shape index (κ3) is 3.58. The second kappa shape index (κ2) is 6.79. The lowest BCUT2D eigenvalue weighted by atomic mass is 10.0. The molecule has 3 aromatic carbocycles. The summed E-state index contributed by atoms with van der Waals surface area (Å²) in [4.78, 5) is 11.2. The van der Waals surface area contributed by atoms with Crippen molar-refractivity contribution in [1.29, 1.82) is 0 Å². The average molecular weight is 304 g/mol. The van der Waals surface area contributed by atoms with E-state index in [1.165, 1.54) is 0 Å². The van der Waals surface area contributed by atoms with Crippen LogP contribution in [-0.4, -0.2) is 11.1 Å². The summed E-state index contributed by atoms with van der Waals surface area (Å²) < 4.78 is 5.91. The molecule has 3 nitrogen and oxygen atoms in total. The number of ether oxygens (including phenoxy) is 1. The lowest BCUT2D eigenvalue weighted by Gasteiger charge is -2.13. The minimum Gasteiger partial charge on any atom is -0.488 e. The van der Waals surface area contributed by atoms with Gasteiger partial charge in [-0.25, -0.2) is 4.79 Å². The van der Waals surface area contributed by atoms with Gasteiger partial charge in [-0.2, -0.15) is 0 Å². The van der Waals surface area contributed by atoms with Crippen LogP contribution in [0.2, 0.25) is 0 Å². The number of rotatable bonds is 5. The summed E-state index contributed by atoms with van der Waals surface area (Å²) in [7, 11) is 0. The summed E-state index contributed by atoms with van der Waals surface area (Å²) >= 11 is 0. The van der Waals surface area contributed by atoms with E-state index in [-0.39, 0.29) is 5.56 Å². The monoisotopic (exact) mass is 304 g/mol. The summed E-state index contributed by atoms with van der Waals surface area (Å²) in [5, 5.41) is 9.20. The Bertz CT molecular complexity index is 796. The zero-order chi connectivity index (χ0) is 16.1. The van der Waals surface area contributed by atoms with Gasteiger partial charge in [-0.15, -0.1) is 0 Å². The highest BCUT2D eigenvalue weighted by molar-refractivity contribution is 5.89. The Hall–Kier alpha value is -3.07. The summed E-state index contributed by atoms with van der Waals surface area (Å²) in [6, 6.07) is 24.6. The SMILES string of the molecule is O=C(O)c1ccc(-c2ccccc2)c(OCc2ccccc2)c1. The topological polar surface area (TPSA) is 46.5 Å². The van der Waals surface area contributed by atoms with Crippen molar-refractivity contribution in [3.63, 3.8) is 0 Å². The number of benzene rings is 3. The molecule has 0 heterocycles. The fourth-order valence-electron chi connectivity index (χ4n) is 2.37. The van der Waals surface area contributed by atoms with Crippen LogP contribution in [0.5, 0.6) is 5.75 Å². The maximum absolute atomic E-state index is 11.2. The molecule has 0 spiro atoms. The van der Waals surface area contributed by atoms with E-state index in [1.807, 2.05) is 60.7 Å². The molecule has 3 heteroatoms. The van der Waals surface area contributed by atoms with Crippen LogP contribution in [0.4, 0.5) is 0 Å². The number of carboxylic acid groups (broad SMARTS) is 1. The lowest BCUT2D eigenvalue weighted by Crippen LogP contribution is -2.01. The number of aromatic carboxylic acids is 1. The van der Waals surface area contributed by atoms with Gasteiger partial charge in [0.25, 0.3) is 0 Å². The van der Waals surface area contributed by atoms with Gasteiger partial charge in [0.1, 0.15) is 12.4 Å². The summed E-state index contributed by atoms with van der Waals surface area (Å²) in [6.45, 7) is 0.393. The van der Waals surface area contributed by atoms with E-state index >= 15 is 0 Å². The van der Waals surface area contributed by atoms with Gasteiger partial charge in [0, 0.05) is 5.56 Å². The third-order valence-corrected chi connectivity index (χ3v) is 3.55. The molecule has 0 unspecified atom stereocenters. The molecule has 0 aliphatic carbocycles. The summed E-state index contributed by atoms with van der Waals surface area (Å²) in [6.07, 6.45) is 0. The second-order valence-electron chi connectivity index (χ2n) is 5.16. The van der Waals surface area contributed by atoms with E-state index in [0.29, 0.717) is 12.4 Å². The maximum Gasteiger partial charge on any atom is 0.335 e. The Kier molecular flexibility index (Phi) is 4.39. The first-order valence-electron chi connectivity index (χ1n) is 7.33. The molecule has 0 aromatic heterocycles. The van der Waals surface area contributed by atoms with Gasteiger partial charge >= 0.3 is 5.97 Å². The van der Waals surface area contributed by atoms with Gasteiger partial charge in [-0.1, -0.05) is 60.7 Å². The molecule has 0 aliphatic heterocycles. The quantitative estimate of drug-likeness (QED) is 0.747. The predicted octanol–water partition coefficient (Wildman–Crippen LogP) is 4.63. The molecule has 0 aliphatic rings. The normalized spacial score (nSPS) is 10.3. The molecule has 0 amide bonds. The first kappa shape index (κ1) is 14.9. The van der Waals surface area contributed by atoms with E-state index in [1.54, 1.807) is 18.2 Å². The first-order chi connectivity index (χ1) is 11.2. The molecule has 1 N–H and O–H groups in total. The van der Waals surface area contributed by atoms with Gasteiger partial charge in [0.2, 0.25) is 0 Å². The molecule has 0 fully saturated rings. The Morgan fingerprint density at radius 1 is 0.870 bits per heavy atom. The maximum atomic E-state index is 11.2. The van der Waals surface area contributed by atoms with Crippen molar-refractivity contribution < 1.29 is 14.6 Å². The number of hydrogen-bond acceptors (Lipinski definition) is 2. The fraction of sp³-hybridized carbons (Fsp3) is 0.0500. The van der Waals surface area contributed by atoms with Crippen molar-refractivity contribution in [3.05, 3.63) is 90.0 Å². The zero-order valence-corrected chi connectivity index (χ0v) is 12.5. The van der Waals surface area contributed by atoms with E-state index < -0.39 is 5.97 Å². The first-order valence-corrected chi connectivity index (χ1v) is 7.33. The predicted molar refractivity (Wildman–Crippen MR) is 89.6 cm³/mol. The standard InChI is InChI=1S/C20H16O3/c21-20(22)17-11-12-18(16-9-5-2-6-10-16)19(13-17)23-14-15-7-3-1-4-8-15/h1-13H,14H2,(H,21,22). The minimum absolute atomic E-state index is 0.216. The van der Waals surface area contributed by atoms with Crippen LogP contribution in [-0.2, 0) is 6.61 Å². The van der Waals surface area contributed by atoms with Crippen LogP contribution in [0, 0.1) is 0 Å². The van der Waals surface area contributed by atoms with Crippen LogP contribution in [0.25, 0.3) is 11.1 Å². The smallest absolute Gasteiger partial charge is 0.335 e. The second-order valence-corrected chi connectivity index (χ2v) is 5.16. The molecular formula is C20H16O3. The molecular weight excluding hydrogens is 288 g/mol. The van der Waals surface area contributed by atoms with Crippen molar-refractivity contribution in [2.24, 2.45) is 0 Å². The van der Waals surface area contributed by atoms with Gasteiger partial charge in [0.05, 0.1) is 5.56 Å². The van der Waals surface area contributed by atoms with Crippen LogP contribution in [0.3, 0.4) is 0 Å². The molecule has 0 atom stereocenters. The highest BCUT2D eigenvalue weighted by Gasteiger charge is 2.11. The van der Waals surface area contributed by atoms with Crippen molar-refractivity contribution >= 4 is 5.97 Å². The minimum atomic E-state index is -0.964. The van der Waals surface area contributed by atoms with E-state index in [2.05, 4.69) is 0 Å². The van der Waals surface area contributed by atoms with Crippen molar-refractivity contribution in [2.75, 3.05) is 0 Å². The lowest BCUT2D eigenvalue weighted by molar-refractivity contribution is 0.0696. The van der Waals surface area contributed by atoms with Gasteiger partial charge in [0.15, 0.2) is 0 Å². The van der Waals surface area contributed by atoms with E-state index in [0.717, 1.165) is 16.7 Å². The van der Waals surface area contributed by atoms with Crippen LogP contribution in [0.15, 0.2) is 78.9 Å². The summed E-state index contributed by atoms with van der Waals surface area (Å²) in [5.74, 6) is -0.394. The van der Waals surface area contributed by atoms with E-state index in [9.17, 15) is 9.90 Å². The Balaban J connectivity index is 1.94. The highest BCUT2D eigenvalue weighted by atomic mass is 16.5. The molecule has 114 valence electrons. The number of hydrogen-bond donors (Lipinski definition) is 1. The van der Waals surface area contributed by atoms with Crippen LogP contribution in [0.1, 0.15) is 15.9 Å². The molecule has 3 aromatic rings. The fourth-order valence-corrected chi connectivity index (χ4v) is 2.37. The van der Waals surface area contributed by atoms with Gasteiger partial charge in [-0.3, -0.25) is 0 Å². The molecule has 0 radical (unpaired) electrons. The summed E-state index contributed by atoms with van der Waals surface area (Å²) in [5.41, 5.74) is 3.12. The van der Waals surface area contributed by atoms with E-state index in [4.69, 9.17) is 4.74 Å². The highest BCUT2D eigenvalue weighted by Crippen LogP contribution is 2.31. The van der Waals surface area contributed by atoms with Crippen LogP contribution >= 0.6 is 0 Å². The van der Waals surface area contributed by atoms with Crippen LogP contribution < -0.4 is 4.74 Å². The Morgan fingerprint density at radius 3 is 2.17 bits per heavy atom. The molecule has 0 saturated heterocycles. The number of carboxylic acids is 1. The largest absolute Gasteiger partial charge is 0.488 e. The van der Waals surface area contributed by atoms with Crippen molar-refractivity contribution in [3.8, 4) is 16.9 Å².